The maximum Gasteiger partial charge on any atom is 0.179 e. The molecule has 4 nitrogen and oxygen atoms in total. The zero-order chi connectivity index (χ0) is 14.7. The maximum atomic E-state index is 6.23. The first-order chi connectivity index (χ1) is 10.2. The molecule has 1 aliphatic rings. The van der Waals surface area contributed by atoms with Crippen molar-refractivity contribution in [1.82, 2.24) is 10.3 Å². The molecule has 2 heterocycles. The number of aromatic nitrogens is 1. The Morgan fingerprint density at radius 1 is 1.29 bits per heavy atom. The molecule has 3 rings (SSSR count). The van der Waals surface area contributed by atoms with Crippen molar-refractivity contribution >= 4 is 11.6 Å². The summed E-state index contributed by atoms with van der Waals surface area (Å²) in [5.74, 6) is 1.36. The normalized spacial score (nSPS) is 14.8. The molecular weight excluding hydrogens is 288 g/mol. The lowest BCUT2D eigenvalue weighted by Gasteiger charge is -2.21. The van der Waals surface area contributed by atoms with Gasteiger partial charge in [-0.2, -0.15) is 0 Å². The highest BCUT2D eigenvalue weighted by Gasteiger charge is 2.17. The summed E-state index contributed by atoms with van der Waals surface area (Å²) in [6, 6.07) is 9.96. The van der Waals surface area contributed by atoms with Crippen LogP contribution in [0.2, 0.25) is 5.02 Å². The molecule has 0 saturated heterocycles. The van der Waals surface area contributed by atoms with Crippen molar-refractivity contribution in [3.63, 3.8) is 0 Å². The third-order valence-corrected chi connectivity index (χ3v) is 3.68. The van der Waals surface area contributed by atoms with Gasteiger partial charge in [0.05, 0.1) is 10.7 Å². The quantitative estimate of drug-likeness (QED) is 0.940. The van der Waals surface area contributed by atoms with E-state index < -0.39 is 0 Å². The zero-order valence-electron chi connectivity index (χ0n) is 11.8. The van der Waals surface area contributed by atoms with Crippen molar-refractivity contribution in [2.45, 2.75) is 19.5 Å². The molecule has 0 radical (unpaired) electrons. The second-order valence-electron chi connectivity index (χ2n) is 4.96. The van der Waals surface area contributed by atoms with Crippen LogP contribution in [-0.2, 0) is 6.54 Å². The largest absolute Gasteiger partial charge is 0.486 e. The first-order valence-corrected chi connectivity index (χ1v) is 7.34. The van der Waals surface area contributed by atoms with Gasteiger partial charge < -0.3 is 14.8 Å². The van der Waals surface area contributed by atoms with Crippen molar-refractivity contribution in [3.05, 3.63) is 52.8 Å². The van der Waals surface area contributed by atoms with Crippen LogP contribution in [0.5, 0.6) is 11.5 Å². The van der Waals surface area contributed by atoms with E-state index in [-0.39, 0.29) is 6.04 Å². The van der Waals surface area contributed by atoms with Crippen LogP contribution in [0.4, 0.5) is 0 Å². The molecule has 0 fully saturated rings. The Morgan fingerprint density at radius 3 is 2.95 bits per heavy atom. The van der Waals surface area contributed by atoms with Gasteiger partial charge in [0.1, 0.15) is 13.2 Å². The van der Waals surface area contributed by atoms with E-state index in [4.69, 9.17) is 21.1 Å². The number of hydrogen-bond acceptors (Lipinski definition) is 4. The van der Waals surface area contributed by atoms with E-state index >= 15 is 0 Å². The molecular formula is C16H17ClN2O2. The maximum absolute atomic E-state index is 6.23. The molecule has 1 aliphatic heterocycles. The molecule has 1 aromatic heterocycles. The van der Waals surface area contributed by atoms with Crippen LogP contribution in [0, 0.1) is 0 Å². The summed E-state index contributed by atoms with van der Waals surface area (Å²) in [4.78, 5) is 4.35. The average Bonchev–Trinajstić information content (AvgIpc) is 2.53. The van der Waals surface area contributed by atoms with E-state index in [0.717, 1.165) is 17.0 Å². The van der Waals surface area contributed by atoms with E-state index in [1.165, 1.54) is 0 Å². The summed E-state index contributed by atoms with van der Waals surface area (Å²) in [6.07, 6.45) is 1.80. The summed E-state index contributed by atoms with van der Waals surface area (Å²) in [7, 11) is 0. The van der Waals surface area contributed by atoms with Crippen LogP contribution < -0.4 is 14.8 Å². The molecule has 1 N–H and O–H groups in total. The highest BCUT2D eigenvalue weighted by molar-refractivity contribution is 6.32. The minimum Gasteiger partial charge on any atom is -0.486 e. The van der Waals surface area contributed by atoms with Crippen molar-refractivity contribution in [3.8, 4) is 11.5 Å². The lowest BCUT2D eigenvalue weighted by molar-refractivity contribution is 0.171. The molecule has 0 saturated carbocycles. The number of nitrogens with one attached hydrogen (secondary N) is 1. The predicted molar refractivity (Wildman–Crippen MR) is 81.9 cm³/mol. The Hall–Kier alpha value is -1.78. The minimum atomic E-state index is 0.165. The molecule has 0 spiro atoms. The Kier molecular flexibility index (Phi) is 4.27. The second-order valence-corrected chi connectivity index (χ2v) is 5.37. The number of pyridine rings is 1. The van der Waals surface area contributed by atoms with E-state index in [9.17, 15) is 0 Å². The number of hydrogen-bond donors (Lipinski definition) is 1. The van der Waals surface area contributed by atoms with Gasteiger partial charge in [0.25, 0.3) is 0 Å². The monoisotopic (exact) mass is 304 g/mol. The van der Waals surface area contributed by atoms with Gasteiger partial charge in [-0.25, -0.2) is 0 Å². The van der Waals surface area contributed by atoms with Crippen LogP contribution in [0.3, 0.4) is 0 Å². The molecule has 0 aliphatic carbocycles. The number of fused-ring (bicyclic) bond motifs is 1. The van der Waals surface area contributed by atoms with Gasteiger partial charge in [-0.15, -0.1) is 0 Å². The summed E-state index contributed by atoms with van der Waals surface area (Å²) >= 11 is 6.23. The number of ether oxygens (including phenoxy) is 2. The predicted octanol–water partition coefficient (Wildman–Crippen LogP) is 3.36. The third kappa shape index (κ3) is 3.28. The summed E-state index contributed by atoms with van der Waals surface area (Å²) in [6.45, 7) is 3.88. The summed E-state index contributed by atoms with van der Waals surface area (Å²) in [5, 5.41) is 4.02. The number of rotatable bonds is 4. The molecule has 0 bridgehead atoms. The SMILES string of the molecule is C[C@@H](NCc1cc(Cl)c2c(c1)OCCO2)c1ccccn1. The van der Waals surface area contributed by atoms with Crippen LogP contribution in [0.1, 0.15) is 24.2 Å². The van der Waals surface area contributed by atoms with Gasteiger partial charge in [-0.05, 0) is 36.8 Å². The fourth-order valence-electron chi connectivity index (χ4n) is 2.27. The lowest BCUT2D eigenvalue weighted by atomic mass is 10.1. The van der Waals surface area contributed by atoms with E-state index in [0.29, 0.717) is 30.5 Å². The van der Waals surface area contributed by atoms with Crippen molar-refractivity contribution in [2.24, 2.45) is 0 Å². The Labute approximate surface area is 129 Å². The smallest absolute Gasteiger partial charge is 0.179 e. The van der Waals surface area contributed by atoms with E-state index in [2.05, 4.69) is 17.2 Å². The first kappa shape index (κ1) is 14.2. The first-order valence-electron chi connectivity index (χ1n) is 6.96. The molecule has 1 atom stereocenters. The summed E-state index contributed by atoms with van der Waals surface area (Å²) in [5.41, 5.74) is 2.08. The summed E-state index contributed by atoms with van der Waals surface area (Å²) < 4.78 is 11.1. The molecule has 110 valence electrons. The molecule has 21 heavy (non-hydrogen) atoms. The van der Waals surface area contributed by atoms with Gasteiger partial charge in [0.2, 0.25) is 0 Å². The highest BCUT2D eigenvalue weighted by Crippen LogP contribution is 2.38. The van der Waals surface area contributed by atoms with E-state index in [1.54, 1.807) is 6.20 Å². The lowest BCUT2D eigenvalue weighted by Crippen LogP contribution is -2.20. The fraction of sp³-hybridized carbons (Fsp3) is 0.312. The zero-order valence-corrected chi connectivity index (χ0v) is 12.6. The molecule has 0 unspecified atom stereocenters. The number of nitrogens with zero attached hydrogens (tertiary/aromatic N) is 1. The Bertz CT molecular complexity index is 619. The highest BCUT2D eigenvalue weighted by atomic mass is 35.5. The Balaban J connectivity index is 1.69. The minimum absolute atomic E-state index is 0.165. The molecule has 1 aromatic carbocycles. The van der Waals surface area contributed by atoms with Gasteiger partial charge in [-0.3, -0.25) is 4.98 Å². The topological polar surface area (TPSA) is 43.4 Å². The van der Waals surface area contributed by atoms with Crippen LogP contribution in [0.15, 0.2) is 36.5 Å². The second kappa shape index (κ2) is 6.33. The average molecular weight is 305 g/mol. The molecule has 0 amide bonds. The van der Waals surface area contributed by atoms with Crippen LogP contribution in [0.25, 0.3) is 0 Å². The standard InChI is InChI=1S/C16H17ClN2O2/c1-11(14-4-2-3-5-18-14)19-10-12-8-13(17)16-15(9-12)20-6-7-21-16/h2-5,8-9,11,19H,6-7,10H2,1H3/t11-/m1/s1. The van der Waals surface area contributed by atoms with Crippen LogP contribution >= 0.6 is 11.6 Å². The Morgan fingerprint density at radius 2 is 2.14 bits per heavy atom. The van der Waals surface area contributed by atoms with E-state index in [1.807, 2.05) is 30.3 Å². The fourth-order valence-corrected chi connectivity index (χ4v) is 2.56. The van der Waals surface area contributed by atoms with Gasteiger partial charge in [-0.1, -0.05) is 17.7 Å². The molecule has 2 aromatic rings. The van der Waals surface area contributed by atoms with Crippen LogP contribution in [-0.4, -0.2) is 18.2 Å². The van der Waals surface area contributed by atoms with Crippen molar-refractivity contribution in [2.75, 3.05) is 13.2 Å². The molecule has 5 heteroatoms. The third-order valence-electron chi connectivity index (χ3n) is 3.40. The van der Waals surface area contributed by atoms with Crippen molar-refractivity contribution in [1.29, 1.82) is 0 Å². The van der Waals surface area contributed by atoms with Gasteiger partial charge in [0, 0.05) is 18.8 Å². The van der Waals surface area contributed by atoms with Crippen molar-refractivity contribution < 1.29 is 9.47 Å². The number of benzene rings is 1. The van der Waals surface area contributed by atoms with Gasteiger partial charge >= 0.3 is 0 Å². The number of halogens is 1. The van der Waals surface area contributed by atoms with Gasteiger partial charge in [0.15, 0.2) is 11.5 Å².